The summed E-state index contributed by atoms with van der Waals surface area (Å²) in [4.78, 5) is 30.8. The van der Waals surface area contributed by atoms with Crippen molar-refractivity contribution in [1.29, 1.82) is 0 Å². The number of fused-ring (bicyclic) bond motifs is 1. The predicted molar refractivity (Wildman–Crippen MR) is 153 cm³/mol. The molecule has 1 atom stereocenters. The van der Waals surface area contributed by atoms with Crippen molar-refractivity contribution in [2.24, 2.45) is 7.05 Å². The molecule has 6 rings (SSSR count). The van der Waals surface area contributed by atoms with Crippen molar-refractivity contribution in [2.75, 3.05) is 12.4 Å². The van der Waals surface area contributed by atoms with Crippen LogP contribution in [0.3, 0.4) is 0 Å². The SMILES string of the molecule is COc1cc(-c2cc3sc(-c4nnn(C)c4NC(=O)OC(C)c4ccccc4)cc3s2)cnc1C1(C(=O)O)CC1. The second kappa shape index (κ2) is 10.0. The second-order valence-corrected chi connectivity index (χ2v) is 11.8. The van der Waals surface area contributed by atoms with Crippen molar-refractivity contribution < 1.29 is 24.2 Å². The summed E-state index contributed by atoms with van der Waals surface area (Å²) in [5.74, 6) is 0.0574. The largest absolute Gasteiger partial charge is 0.495 e. The zero-order valence-electron chi connectivity index (χ0n) is 21.9. The fourth-order valence-electron chi connectivity index (χ4n) is 4.61. The normalized spacial score (nSPS) is 14.6. The molecule has 1 aromatic carbocycles. The summed E-state index contributed by atoms with van der Waals surface area (Å²) in [5, 5.41) is 20.9. The van der Waals surface area contributed by atoms with E-state index in [0.29, 0.717) is 35.8 Å². The Labute approximate surface area is 237 Å². The van der Waals surface area contributed by atoms with Crippen LogP contribution >= 0.6 is 22.7 Å². The molecule has 12 heteroatoms. The molecule has 5 aromatic rings. The third-order valence-electron chi connectivity index (χ3n) is 7.01. The number of thiophene rings is 2. The molecule has 0 radical (unpaired) electrons. The molecular weight excluding hydrogens is 550 g/mol. The maximum atomic E-state index is 12.7. The number of carboxylic acid groups (broad SMARTS) is 1. The molecule has 1 aliphatic carbocycles. The minimum absolute atomic E-state index is 0.419. The molecule has 10 nitrogen and oxygen atoms in total. The Hall–Kier alpha value is -4.29. The summed E-state index contributed by atoms with van der Waals surface area (Å²) in [6, 6.07) is 15.5. The maximum Gasteiger partial charge on any atom is 0.413 e. The molecule has 40 heavy (non-hydrogen) atoms. The molecule has 2 N–H and O–H groups in total. The summed E-state index contributed by atoms with van der Waals surface area (Å²) in [6.07, 6.45) is 1.82. The maximum absolute atomic E-state index is 12.7. The first-order valence-electron chi connectivity index (χ1n) is 12.5. The second-order valence-electron chi connectivity index (χ2n) is 9.61. The summed E-state index contributed by atoms with van der Waals surface area (Å²) >= 11 is 3.12. The van der Waals surface area contributed by atoms with Crippen LogP contribution in [0, 0.1) is 0 Å². The molecule has 1 amide bonds. The number of methoxy groups -OCH3 is 1. The number of carboxylic acids is 1. The number of rotatable bonds is 8. The lowest BCUT2D eigenvalue weighted by Gasteiger charge is -2.14. The van der Waals surface area contributed by atoms with Crippen LogP contribution in [0.4, 0.5) is 10.6 Å². The van der Waals surface area contributed by atoms with Crippen molar-refractivity contribution in [2.45, 2.75) is 31.3 Å². The number of hydrogen-bond donors (Lipinski definition) is 2. The Kier molecular flexibility index (Phi) is 6.51. The number of carbonyl (C=O) groups is 2. The van der Waals surface area contributed by atoms with Crippen LogP contribution in [0.2, 0.25) is 0 Å². The summed E-state index contributed by atoms with van der Waals surface area (Å²) < 4.78 is 14.7. The van der Waals surface area contributed by atoms with Crippen molar-refractivity contribution in [3.05, 3.63) is 66.0 Å². The number of ether oxygens (including phenoxy) is 2. The van der Waals surface area contributed by atoms with Gasteiger partial charge in [0.05, 0.1) is 17.7 Å². The summed E-state index contributed by atoms with van der Waals surface area (Å²) in [5.41, 5.74) is 1.84. The molecule has 1 fully saturated rings. The fourth-order valence-corrected chi connectivity index (χ4v) is 6.97. The van der Waals surface area contributed by atoms with Gasteiger partial charge >= 0.3 is 12.1 Å². The number of aromatic nitrogens is 4. The van der Waals surface area contributed by atoms with Gasteiger partial charge in [-0.2, -0.15) is 0 Å². The van der Waals surface area contributed by atoms with Crippen LogP contribution in [0.25, 0.3) is 30.4 Å². The highest BCUT2D eigenvalue weighted by molar-refractivity contribution is 7.31. The van der Waals surface area contributed by atoms with E-state index < -0.39 is 23.6 Å². The third-order valence-corrected chi connectivity index (χ3v) is 9.36. The molecule has 1 saturated carbocycles. The Morgan fingerprint density at radius 3 is 2.48 bits per heavy atom. The van der Waals surface area contributed by atoms with E-state index in [-0.39, 0.29) is 0 Å². The van der Waals surface area contributed by atoms with Crippen molar-refractivity contribution in [3.63, 3.8) is 0 Å². The molecule has 0 aliphatic heterocycles. The van der Waals surface area contributed by atoms with Gasteiger partial charge in [-0.3, -0.25) is 15.1 Å². The quantitative estimate of drug-likeness (QED) is 0.222. The predicted octanol–water partition coefficient (Wildman–Crippen LogP) is 6.25. The van der Waals surface area contributed by atoms with Gasteiger partial charge in [-0.25, -0.2) is 9.48 Å². The highest BCUT2D eigenvalue weighted by Gasteiger charge is 2.54. The average molecular weight is 576 g/mol. The first-order valence-corrected chi connectivity index (χ1v) is 14.2. The number of anilines is 1. The number of aliphatic carboxylic acids is 1. The van der Waals surface area contributed by atoms with E-state index >= 15 is 0 Å². The van der Waals surface area contributed by atoms with Gasteiger partial charge in [-0.15, -0.1) is 27.8 Å². The van der Waals surface area contributed by atoms with Gasteiger partial charge in [0.1, 0.15) is 23.0 Å². The smallest absolute Gasteiger partial charge is 0.413 e. The Bertz CT molecular complexity index is 1710. The number of hydrogen-bond acceptors (Lipinski definition) is 9. The number of pyridine rings is 1. The van der Waals surface area contributed by atoms with Crippen LogP contribution in [-0.2, 0) is 22.0 Å². The molecule has 1 aliphatic rings. The van der Waals surface area contributed by atoms with Crippen molar-refractivity contribution >= 4 is 50.0 Å². The number of nitrogens with one attached hydrogen (secondary N) is 1. The van der Waals surface area contributed by atoms with E-state index in [1.807, 2.05) is 49.4 Å². The molecule has 204 valence electrons. The van der Waals surface area contributed by atoms with Gasteiger partial charge in [0.25, 0.3) is 0 Å². The lowest BCUT2D eigenvalue weighted by Crippen LogP contribution is -2.21. The van der Waals surface area contributed by atoms with Gasteiger partial charge in [0.15, 0.2) is 5.82 Å². The van der Waals surface area contributed by atoms with Gasteiger partial charge in [0, 0.05) is 33.1 Å². The molecule has 0 bridgehead atoms. The number of aryl methyl sites for hydroxylation is 1. The molecular formula is C28H25N5O5S2. The van der Waals surface area contributed by atoms with Crippen LogP contribution in [-0.4, -0.2) is 44.3 Å². The molecule has 0 spiro atoms. The highest BCUT2D eigenvalue weighted by atomic mass is 32.1. The van der Waals surface area contributed by atoms with Crippen molar-refractivity contribution in [1.82, 2.24) is 20.0 Å². The number of nitrogens with zero attached hydrogens (tertiary/aromatic N) is 4. The summed E-state index contributed by atoms with van der Waals surface area (Å²) in [7, 11) is 3.24. The van der Waals surface area contributed by atoms with Gasteiger partial charge in [0.2, 0.25) is 0 Å². The molecule has 0 saturated heterocycles. The monoisotopic (exact) mass is 575 g/mol. The van der Waals surface area contributed by atoms with Crippen LogP contribution in [0.5, 0.6) is 5.75 Å². The van der Waals surface area contributed by atoms with E-state index in [9.17, 15) is 14.7 Å². The molecule has 4 heterocycles. The minimum Gasteiger partial charge on any atom is -0.495 e. The van der Waals surface area contributed by atoms with E-state index in [2.05, 4.69) is 26.7 Å². The molecule has 1 unspecified atom stereocenters. The van der Waals surface area contributed by atoms with E-state index in [0.717, 1.165) is 30.3 Å². The topological polar surface area (TPSA) is 128 Å². The Balaban J connectivity index is 1.23. The zero-order chi connectivity index (χ0) is 28.0. The van der Waals surface area contributed by atoms with Crippen molar-refractivity contribution in [3.8, 4) is 26.8 Å². The van der Waals surface area contributed by atoms with Crippen LogP contribution < -0.4 is 10.1 Å². The average Bonchev–Trinajstić information content (AvgIpc) is 3.36. The minimum atomic E-state index is -0.941. The molecule has 4 aromatic heterocycles. The zero-order valence-corrected chi connectivity index (χ0v) is 23.5. The fraction of sp³-hybridized carbons (Fsp3) is 0.250. The third kappa shape index (κ3) is 4.58. The number of carbonyl (C=O) groups excluding carboxylic acids is 1. The Morgan fingerprint density at radius 1 is 1.10 bits per heavy atom. The highest BCUT2D eigenvalue weighted by Crippen LogP contribution is 2.51. The number of amides is 1. The summed E-state index contributed by atoms with van der Waals surface area (Å²) in [6.45, 7) is 1.82. The van der Waals surface area contributed by atoms with Gasteiger partial charge < -0.3 is 14.6 Å². The first kappa shape index (κ1) is 26.0. The van der Waals surface area contributed by atoms with Crippen LogP contribution in [0.15, 0.2) is 54.7 Å². The van der Waals surface area contributed by atoms with Crippen LogP contribution in [0.1, 0.15) is 37.1 Å². The van der Waals surface area contributed by atoms with E-state index in [1.165, 1.54) is 23.1 Å². The standard InChI is InChI=1S/C28H25N5O5S2/c1-15(16-7-5-4-6-8-16)38-27(36)30-25-23(31-32-33(25)2)22-13-21-20(40-22)12-19(39-21)17-11-18(37-3)24(29-14-17)28(9-10-28)26(34)35/h4-8,11-15H,9-10H2,1-3H3,(H,30,36)(H,34,35). The van der Waals surface area contributed by atoms with Gasteiger partial charge in [-0.05, 0) is 43.5 Å². The van der Waals surface area contributed by atoms with E-state index in [1.54, 1.807) is 24.6 Å². The Morgan fingerprint density at radius 2 is 1.80 bits per heavy atom. The van der Waals surface area contributed by atoms with E-state index in [4.69, 9.17) is 9.47 Å². The number of benzene rings is 1. The first-order chi connectivity index (χ1) is 19.3. The van der Waals surface area contributed by atoms with Gasteiger partial charge in [-0.1, -0.05) is 35.5 Å². The lowest BCUT2D eigenvalue weighted by atomic mass is 10.0. The lowest BCUT2D eigenvalue weighted by molar-refractivity contribution is -0.140.